The van der Waals surface area contributed by atoms with E-state index in [9.17, 15) is 9.59 Å². The summed E-state index contributed by atoms with van der Waals surface area (Å²) in [4.78, 5) is 29.8. The first-order valence-corrected chi connectivity index (χ1v) is 5.13. The third-order valence-electron chi connectivity index (χ3n) is 1.67. The van der Waals surface area contributed by atoms with Gasteiger partial charge >= 0.3 is 12.1 Å². The smallest absolute Gasteiger partial charge is 0.441 e. The van der Waals surface area contributed by atoms with Crippen molar-refractivity contribution in [2.45, 2.75) is 33.3 Å². The van der Waals surface area contributed by atoms with Crippen LogP contribution in [0.3, 0.4) is 0 Å². The largest absolute Gasteiger partial charge is 0.442 e. The average molecular weight is 240 g/mol. The van der Waals surface area contributed by atoms with Gasteiger partial charge in [0.15, 0.2) is 0 Å². The molecular formula is C11H16N2O4. The molecule has 1 amide bonds. The maximum Gasteiger partial charge on any atom is 0.441 e. The first-order valence-electron chi connectivity index (χ1n) is 5.13. The molecule has 1 aromatic heterocycles. The van der Waals surface area contributed by atoms with E-state index in [0.717, 1.165) is 5.56 Å². The van der Waals surface area contributed by atoms with Crippen LogP contribution in [0.15, 0.2) is 12.3 Å². The Morgan fingerprint density at radius 2 is 2.00 bits per heavy atom. The summed E-state index contributed by atoms with van der Waals surface area (Å²) in [7, 11) is 0. The normalized spacial score (nSPS) is 10.8. The summed E-state index contributed by atoms with van der Waals surface area (Å²) in [6, 6.07) is 1.61. The molecule has 0 atom stereocenters. The SMILES string of the molecule is Cc1c[nH]c(C(=O)ONC(=O)OC(C)(C)C)c1. The van der Waals surface area contributed by atoms with E-state index in [2.05, 4.69) is 9.82 Å². The van der Waals surface area contributed by atoms with Crippen molar-refractivity contribution in [1.82, 2.24) is 10.5 Å². The highest BCUT2D eigenvalue weighted by Gasteiger charge is 2.18. The Hall–Kier alpha value is -1.98. The minimum Gasteiger partial charge on any atom is -0.442 e. The second kappa shape index (κ2) is 4.90. The third kappa shape index (κ3) is 4.58. The highest BCUT2D eigenvalue weighted by Crippen LogP contribution is 2.07. The molecule has 0 spiro atoms. The molecule has 0 radical (unpaired) electrons. The average Bonchev–Trinajstić information content (AvgIpc) is 2.58. The van der Waals surface area contributed by atoms with E-state index in [1.807, 2.05) is 12.4 Å². The summed E-state index contributed by atoms with van der Waals surface area (Å²) in [5, 5.41) is 0. The van der Waals surface area contributed by atoms with Gasteiger partial charge in [-0.1, -0.05) is 0 Å². The molecule has 0 fully saturated rings. The van der Waals surface area contributed by atoms with Gasteiger partial charge in [0.05, 0.1) is 0 Å². The number of nitrogens with one attached hydrogen (secondary N) is 2. The van der Waals surface area contributed by atoms with E-state index in [-0.39, 0.29) is 5.69 Å². The van der Waals surface area contributed by atoms with Gasteiger partial charge in [0, 0.05) is 6.20 Å². The van der Waals surface area contributed by atoms with Gasteiger partial charge in [-0.2, -0.15) is 0 Å². The van der Waals surface area contributed by atoms with Crippen LogP contribution in [-0.4, -0.2) is 22.6 Å². The van der Waals surface area contributed by atoms with E-state index < -0.39 is 17.7 Å². The summed E-state index contributed by atoms with van der Waals surface area (Å²) < 4.78 is 4.89. The maximum absolute atomic E-state index is 11.4. The number of ether oxygens (including phenoxy) is 1. The molecule has 0 aromatic carbocycles. The number of aryl methyl sites for hydroxylation is 1. The minimum atomic E-state index is -0.811. The summed E-state index contributed by atoms with van der Waals surface area (Å²) >= 11 is 0. The molecule has 1 heterocycles. The molecule has 0 saturated heterocycles. The number of amides is 1. The van der Waals surface area contributed by atoms with E-state index in [0.29, 0.717) is 0 Å². The standard InChI is InChI=1S/C11H16N2O4/c1-7-5-8(12-6-7)9(14)17-13-10(15)16-11(2,3)4/h5-6,12H,1-4H3,(H,13,15). The fourth-order valence-corrected chi connectivity index (χ4v) is 1.06. The van der Waals surface area contributed by atoms with E-state index in [1.165, 1.54) is 0 Å². The third-order valence-corrected chi connectivity index (χ3v) is 1.67. The van der Waals surface area contributed by atoms with E-state index >= 15 is 0 Å². The van der Waals surface area contributed by atoms with Gasteiger partial charge in [-0.3, -0.25) is 0 Å². The number of hydroxylamine groups is 1. The maximum atomic E-state index is 11.4. The van der Waals surface area contributed by atoms with Crippen LogP contribution in [0.5, 0.6) is 0 Å². The Morgan fingerprint density at radius 3 is 2.47 bits per heavy atom. The van der Waals surface area contributed by atoms with Crippen molar-refractivity contribution in [1.29, 1.82) is 0 Å². The van der Waals surface area contributed by atoms with Gasteiger partial charge in [0.1, 0.15) is 11.3 Å². The zero-order valence-corrected chi connectivity index (χ0v) is 10.3. The quantitative estimate of drug-likeness (QED) is 0.735. The highest BCUT2D eigenvalue weighted by molar-refractivity contribution is 5.88. The van der Waals surface area contributed by atoms with Crippen molar-refractivity contribution in [3.05, 3.63) is 23.5 Å². The molecule has 6 heteroatoms. The first kappa shape index (κ1) is 13.1. The number of H-pyrrole nitrogens is 1. The van der Waals surface area contributed by atoms with Crippen LogP contribution in [0.2, 0.25) is 0 Å². The van der Waals surface area contributed by atoms with Crippen LogP contribution in [0.1, 0.15) is 36.8 Å². The lowest BCUT2D eigenvalue weighted by Crippen LogP contribution is -2.34. The van der Waals surface area contributed by atoms with Crippen molar-refractivity contribution in [2.24, 2.45) is 0 Å². The molecule has 6 nitrogen and oxygen atoms in total. The van der Waals surface area contributed by atoms with Crippen LogP contribution in [0, 0.1) is 6.92 Å². The molecule has 0 aliphatic heterocycles. The Bertz CT molecular complexity index is 417. The van der Waals surface area contributed by atoms with Crippen LogP contribution >= 0.6 is 0 Å². The minimum absolute atomic E-state index is 0.263. The molecule has 2 N–H and O–H groups in total. The Morgan fingerprint density at radius 1 is 1.35 bits per heavy atom. The fraction of sp³-hybridized carbons (Fsp3) is 0.455. The number of hydrogen-bond donors (Lipinski definition) is 2. The van der Waals surface area contributed by atoms with Gasteiger partial charge in [-0.15, -0.1) is 5.48 Å². The zero-order chi connectivity index (χ0) is 13.1. The number of hydrogen-bond acceptors (Lipinski definition) is 4. The highest BCUT2D eigenvalue weighted by atomic mass is 16.7. The molecule has 0 aliphatic carbocycles. The van der Waals surface area contributed by atoms with Crippen molar-refractivity contribution < 1.29 is 19.2 Å². The van der Waals surface area contributed by atoms with Gasteiger partial charge in [0.2, 0.25) is 0 Å². The molecule has 1 aromatic rings. The van der Waals surface area contributed by atoms with Crippen LogP contribution in [0.25, 0.3) is 0 Å². The first-order chi connectivity index (χ1) is 7.78. The van der Waals surface area contributed by atoms with Gasteiger partial charge < -0.3 is 14.6 Å². The van der Waals surface area contributed by atoms with Gasteiger partial charge in [-0.25, -0.2) is 9.59 Å². The molecular weight excluding hydrogens is 224 g/mol. The van der Waals surface area contributed by atoms with E-state index in [1.54, 1.807) is 33.0 Å². The molecule has 94 valence electrons. The predicted octanol–water partition coefficient (Wildman–Crippen LogP) is 1.92. The fourth-order valence-electron chi connectivity index (χ4n) is 1.06. The topological polar surface area (TPSA) is 80.4 Å². The lowest BCUT2D eigenvalue weighted by molar-refractivity contribution is -0.00162. The van der Waals surface area contributed by atoms with Crippen LogP contribution < -0.4 is 5.48 Å². The van der Waals surface area contributed by atoms with Gasteiger partial charge in [-0.05, 0) is 39.3 Å². The van der Waals surface area contributed by atoms with Crippen molar-refractivity contribution in [3.63, 3.8) is 0 Å². The molecule has 1 rings (SSSR count). The zero-order valence-electron chi connectivity index (χ0n) is 10.3. The van der Waals surface area contributed by atoms with Crippen molar-refractivity contribution in [3.8, 4) is 0 Å². The number of aromatic nitrogens is 1. The number of carbonyl (C=O) groups excluding carboxylic acids is 2. The molecule has 17 heavy (non-hydrogen) atoms. The Balaban J connectivity index is 2.41. The molecule has 0 saturated carbocycles. The Labute approximate surface area is 99.2 Å². The molecule has 0 unspecified atom stereocenters. The number of aromatic amines is 1. The summed E-state index contributed by atoms with van der Waals surface area (Å²) in [6.45, 7) is 6.96. The lowest BCUT2D eigenvalue weighted by Gasteiger charge is -2.18. The Kier molecular flexibility index (Phi) is 3.77. The van der Waals surface area contributed by atoms with Crippen molar-refractivity contribution in [2.75, 3.05) is 0 Å². The summed E-state index contributed by atoms with van der Waals surface area (Å²) in [5.41, 5.74) is 2.44. The predicted molar refractivity (Wildman–Crippen MR) is 60.3 cm³/mol. The second-order valence-corrected chi connectivity index (χ2v) is 4.58. The molecule has 0 bridgehead atoms. The van der Waals surface area contributed by atoms with Crippen molar-refractivity contribution >= 4 is 12.1 Å². The van der Waals surface area contributed by atoms with Crippen LogP contribution in [-0.2, 0) is 9.57 Å². The van der Waals surface area contributed by atoms with E-state index in [4.69, 9.17) is 4.74 Å². The summed E-state index contributed by atoms with van der Waals surface area (Å²) in [6.07, 6.45) is 0.846. The lowest BCUT2D eigenvalue weighted by atomic mass is 10.2. The monoisotopic (exact) mass is 240 g/mol. The van der Waals surface area contributed by atoms with Crippen LogP contribution in [0.4, 0.5) is 4.79 Å². The summed E-state index contributed by atoms with van der Waals surface area (Å²) in [5.74, 6) is -0.677. The number of rotatable bonds is 1. The second-order valence-electron chi connectivity index (χ2n) is 4.58. The molecule has 0 aliphatic rings. The van der Waals surface area contributed by atoms with Gasteiger partial charge in [0.25, 0.3) is 0 Å². The number of carbonyl (C=O) groups is 2.